The van der Waals surface area contributed by atoms with Gasteiger partial charge in [-0.25, -0.2) is 9.97 Å². The average Bonchev–Trinajstić information content (AvgIpc) is 2.57. The van der Waals surface area contributed by atoms with Crippen LogP contribution in [0.25, 0.3) is 0 Å². The van der Waals surface area contributed by atoms with Gasteiger partial charge < -0.3 is 10.6 Å². The molecule has 0 unspecified atom stereocenters. The molecule has 0 aliphatic rings. The maximum atomic E-state index is 4.46. The highest BCUT2D eigenvalue weighted by molar-refractivity contribution is 9.10. The fourth-order valence-corrected chi connectivity index (χ4v) is 2.79. The molecule has 0 fully saturated rings. The minimum absolute atomic E-state index is 0.731. The highest BCUT2D eigenvalue weighted by Crippen LogP contribution is 2.25. The normalized spacial score (nSPS) is 10.4. The summed E-state index contributed by atoms with van der Waals surface area (Å²) >= 11 is 3.54. The number of nitrogens with zero attached hydrogens (tertiary/aromatic N) is 2. The highest BCUT2D eigenvalue weighted by Gasteiger charge is 2.04. The fraction of sp³-hybridized carbons (Fsp3) is 0.158. The number of benzene rings is 2. The third-order valence-electron chi connectivity index (χ3n) is 3.54. The van der Waals surface area contributed by atoms with Crippen LogP contribution in [-0.2, 0) is 6.42 Å². The van der Waals surface area contributed by atoms with Crippen molar-refractivity contribution in [3.05, 3.63) is 76.5 Å². The summed E-state index contributed by atoms with van der Waals surface area (Å²) in [4.78, 5) is 8.91. The molecule has 5 heteroatoms. The second-order valence-corrected chi connectivity index (χ2v) is 6.31. The van der Waals surface area contributed by atoms with Crippen molar-refractivity contribution < 1.29 is 0 Å². The number of nitrogens with one attached hydrogen (secondary N) is 2. The standard InChI is InChI=1S/C19H19BrN4/c1-14-22-18(21-12-11-15-7-3-2-4-8-15)13-19(23-14)24-17-10-6-5-9-16(17)20/h2-10,13H,11-12H2,1H3,(H2,21,22,23,24). The van der Waals surface area contributed by atoms with Gasteiger partial charge in [0.15, 0.2) is 0 Å². The van der Waals surface area contributed by atoms with Gasteiger partial charge in [0.1, 0.15) is 17.5 Å². The summed E-state index contributed by atoms with van der Waals surface area (Å²) < 4.78 is 1.000. The molecule has 4 nitrogen and oxygen atoms in total. The van der Waals surface area contributed by atoms with Gasteiger partial charge in [0.05, 0.1) is 5.69 Å². The number of aryl methyl sites for hydroxylation is 1. The van der Waals surface area contributed by atoms with Crippen molar-refractivity contribution in [2.75, 3.05) is 17.2 Å². The Balaban J connectivity index is 1.66. The third kappa shape index (κ3) is 4.55. The molecular weight excluding hydrogens is 364 g/mol. The molecule has 2 N–H and O–H groups in total. The number of anilines is 3. The molecule has 0 saturated heterocycles. The maximum absolute atomic E-state index is 4.46. The minimum Gasteiger partial charge on any atom is -0.370 e. The van der Waals surface area contributed by atoms with Crippen molar-refractivity contribution in [2.24, 2.45) is 0 Å². The first kappa shape index (κ1) is 16.5. The fourth-order valence-electron chi connectivity index (χ4n) is 2.40. The van der Waals surface area contributed by atoms with Crippen LogP contribution in [0, 0.1) is 6.92 Å². The summed E-state index contributed by atoms with van der Waals surface area (Å²) in [5.41, 5.74) is 2.29. The summed E-state index contributed by atoms with van der Waals surface area (Å²) in [6, 6.07) is 20.3. The van der Waals surface area contributed by atoms with Gasteiger partial charge in [-0.15, -0.1) is 0 Å². The van der Waals surface area contributed by atoms with Gasteiger partial charge in [0.2, 0.25) is 0 Å². The molecular formula is C19H19BrN4. The smallest absolute Gasteiger partial charge is 0.136 e. The second kappa shape index (κ2) is 7.93. The summed E-state index contributed by atoms with van der Waals surface area (Å²) in [5, 5.41) is 6.70. The van der Waals surface area contributed by atoms with E-state index in [0.717, 1.165) is 40.6 Å². The van der Waals surface area contributed by atoms with Crippen molar-refractivity contribution in [3.63, 3.8) is 0 Å². The van der Waals surface area contributed by atoms with E-state index in [-0.39, 0.29) is 0 Å². The van der Waals surface area contributed by atoms with Gasteiger partial charge in [-0.05, 0) is 47.0 Å². The van der Waals surface area contributed by atoms with E-state index in [1.165, 1.54) is 5.56 Å². The zero-order valence-electron chi connectivity index (χ0n) is 13.5. The average molecular weight is 383 g/mol. The highest BCUT2D eigenvalue weighted by atomic mass is 79.9. The van der Waals surface area contributed by atoms with E-state index in [2.05, 4.69) is 60.8 Å². The van der Waals surface area contributed by atoms with Gasteiger partial charge in [-0.3, -0.25) is 0 Å². The number of hydrogen-bond acceptors (Lipinski definition) is 4. The summed E-state index contributed by atoms with van der Waals surface area (Å²) in [5.74, 6) is 2.33. The Morgan fingerprint density at radius 2 is 1.62 bits per heavy atom. The largest absolute Gasteiger partial charge is 0.370 e. The van der Waals surface area contributed by atoms with E-state index >= 15 is 0 Å². The van der Waals surface area contributed by atoms with E-state index in [4.69, 9.17) is 0 Å². The Bertz CT molecular complexity index is 805. The third-order valence-corrected chi connectivity index (χ3v) is 4.23. The Hall–Kier alpha value is -2.40. The zero-order chi connectivity index (χ0) is 16.8. The lowest BCUT2D eigenvalue weighted by Crippen LogP contribution is -2.08. The predicted molar refractivity (Wildman–Crippen MR) is 103 cm³/mol. The Morgan fingerprint density at radius 3 is 2.42 bits per heavy atom. The lowest BCUT2D eigenvalue weighted by atomic mass is 10.1. The van der Waals surface area contributed by atoms with Gasteiger partial charge in [-0.2, -0.15) is 0 Å². The van der Waals surface area contributed by atoms with Crippen LogP contribution >= 0.6 is 15.9 Å². The molecule has 0 spiro atoms. The molecule has 0 bridgehead atoms. The van der Waals surface area contributed by atoms with Crippen molar-refractivity contribution >= 4 is 33.3 Å². The zero-order valence-corrected chi connectivity index (χ0v) is 15.0. The number of aromatic nitrogens is 2. The number of rotatable bonds is 6. The van der Waals surface area contributed by atoms with Crippen molar-refractivity contribution in [1.29, 1.82) is 0 Å². The molecule has 1 heterocycles. The Labute approximate surface area is 150 Å². The van der Waals surface area contributed by atoms with E-state index in [1.807, 2.05) is 43.3 Å². The van der Waals surface area contributed by atoms with Crippen molar-refractivity contribution in [1.82, 2.24) is 9.97 Å². The first-order valence-corrected chi connectivity index (χ1v) is 8.65. The van der Waals surface area contributed by atoms with Gasteiger partial charge in [0, 0.05) is 17.1 Å². The molecule has 24 heavy (non-hydrogen) atoms. The number of para-hydroxylation sites is 1. The number of hydrogen-bond donors (Lipinski definition) is 2. The molecule has 122 valence electrons. The summed E-state index contributed by atoms with van der Waals surface area (Å²) in [6.07, 6.45) is 0.955. The molecule has 0 amide bonds. The SMILES string of the molecule is Cc1nc(NCCc2ccccc2)cc(Nc2ccccc2Br)n1. The van der Waals surface area contributed by atoms with Crippen LogP contribution in [0.3, 0.4) is 0 Å². The lowest BCUT2D eigenvalue weighted by molar-refractivity contribution is 0.983. The summed E-state index contributed by atoms with van der Waals surface area (Å²) in [6.45, 7) is 2.72. The molecule has 0 saturated carbocycles. The Morgan fingerprint density at radius 1 is 0.917 bits per heavy atom. The van der Waals surface area contributed by atoms with Gasteiger partial charge in [0.25, 0.3) is 0 Å². The van der Waals surface area contributed by atoms with Crippen LogP contribution in [-0.4, -0.2) is 16.5 Å². The van der Waals surface area contributed by atoms with Crippen LogP contribution in [0.1, 0.15) is 11.4 Å². The second-order valence-electron chi connectivity index (χ2n) is 5.45. The van der Waals surface area contributed by atoms with Crippen LogP contribution in [0.15, 0.2) is 65.1 Å². The van der Waals surface area contributed by atoms with Gasteiger partial charge in [-0.1, -0.05) is 42.5 Å². The maximum Gasteiger partial charge on any atom is 0.136 e. The first-order chi connectivity index (χ1) is 11.7. The lowest BCUT2D eigenvalue weighted by Gasteiger charge is -2.11. The quantitative estimate of drug-likeness (QED) is 0.633. The van der Waals surface area contributed by atoms with Gasteiger partial charge >= 0.3 is 0 Å². The number of halogens is 1. The van der Waals surface area contributed by atoms with Crippen LogP contribution < -0.4 is 10.6 Å². The van der Waals surface area contributed by atoms with Crippen molar-refractivity contribution in [2.45, 2.75) is 13.3 Å². The minimum atomic E-state index is 0.731. The van der Waals surface area contributed by atoms with E-state index in [0.29, 0.717) is 0 Å². The molecule has 2 aromatic carbocycles. The van der Waals surface area contributed by atoms with Crippen LogP contribution in [0.2, 0.25) is 0 Å². The van der Waals surface area contributed by atoms with Crippen molar-refractivity contribution in [3.8, 4) is 0 Å². The molecule has 0 atom stereocenters. The van der Waals surface area contributed by atoms with E-state index in [1.54, 1.807) is 0 Å². The van der Waals surface area contributed by atoms with Crippen LogP contribution in [0.5, 0.6) is 0 Å². The monoisotopic (exact) mass is 382 g/mol. The summed E-state index contributed by atoms with van der Waals surface area (Å²) in [7, 11) is 0. The molecule has 1 aromatic heterocycles. The molecule has 3 rings (SSSR count). The van der Waals surface area contributed by atoms with E-state index in [9.17, 15) is 0 Å². The predicted octanol–water partition coefficient (Wildman–Crippen LogP) is 4.95. The molecule has 3 aromatic rings. The first-order valence-electron chi connectivity index (χ1n) is 7.86. The Kier molecular flexibility index (Phi) is 5.43. The van der Waals surface area contributed by atoms with Crippen LogP contribution in [0.4, 0.5) is 17.3 Å². The molecule has 0 aliphatic carbocycles. The molecule has 0 aliphatic heterocycles. The topological polar surface area (TPSA) is 49.8 Å². The van der Waals surface area contributed by atoms with E-state index < -0.39 is 0 Å². The molecule has 0 radical (unpaired) electrons.